The zero-order valence-electron chi connectivity index (χ0n) is 21.5. The summed E-state index contributed by atoms with van der Waals surface area (Å²) in [5.74, 6) is 0. The van der Waals surface area contributed by atoms with E-state index in [0.717, 1.165) is 27.7 Å². The second-order valence-electron chi connectivity index (χ2n) is 10.9. The molecule has 6 heteroatoms. The van der Waals surface area contributed by atoms with Gasteiger partial charge in [0.2, 0.25) is 0 Å². The Balaban J connectivity index is 1.51. The first kappa shape index (κ1) is 23.3. The molecule has 0 saturated carbocycles. The summed E-state index contributed by atoms with van der Waals surface area (Å²) in [6, 6.07) is 35.6. The first-order valence-electron chi connectivity index (χ1n) is 13.1. The molecule has 3 heterocycles. The van der Waals surface area contributed by atoms with E-state index >= 15 is 5.72 Å². The maximum atomic E-state index is 16.3. The molecule has 2 aliphatic heterocycles. The van der Waals surface area contributed by atoms with E-state index in [9.17, 15) is 0 Å². The number of fused-ring (bicyclic) bond motifs is 8. The summed E-state index contributed by atoms with van der Waals surface area (Å²) < 4.78 is 39.2. The van der Waals surface area contributed by atoms with Gasteiger partial charge in [-0.15, -0.1) is 0 Å². The molecular formula is C33H24BF2IN2. The van der Waals surface area contributed by atoms with Gasteiger partial charge in [-0.1, -0.05) is 0 Å². The van der Waals surface area contributed by atoms with Crippen molar-refractivity contribution in [3.05, 3.63) is 124 Å². The van der Waals surface area contributed by atoms with Gasteiger partial charge in [0.25, 0.3) is 0 Å². The molecule has 0 unspecified atom stereocenters. The van der Waals surface area contributed by atoms with Crippen LogP contribution in [-0.2, 0) is 5.41 Å². The molecule has 0 fully saturated rings. The van der Waals surface area contributed by atoms with Gasteiger partial charge in [-0.25, -0.2) is 0 Å². The molecule has 0 bridgehead atoms. The maximum absolute atomic E-state index is 16.3. The number of hydrogen-bond donors (Lipinski definition) is 0. The van der Waals surface area contributed by atoms with Crippen LogP contribution in [0.15, 0.2) is 112 Å². The Labute approximate surface area is 231 Å². The van der Waals surface area contributed by atoms with Gasteiger partial charge in [0.15, 0.2) is 0 Å². The van der Waals surface area contributed by atoms with Gasteiger partial charge in [0.1, 0.15) is 0 Å². The summed E-state index contributed by atoms with van der Waals surface area (Å²) in [5, 5.41) is 2.42. The summed E-state index contributed by atoms with van der Waals surface area (Å²) in [6.07, 6.45) is 0. The molecule has 2 aliphatic rings. The third kappa shape index (κ3) is 3.06. The normalized spacial score (nSPS) is 15.2. The van der Waals surface area contributed by atoms with Gasteiger partial charge in [-0.05, 0) is 0 Å². The average Bonchev–Trinajstić information content (AvgIpc) is 3.29. The van der Waals surface area contributed by atoms with Crippen LogP contribution in [0.4, 0.5) is 11.4 Å². The monoisotopic (exact) mass is 624 g/mol. The Morgan fingerprint density at radius 3 is 2.28 bits per heavy atom. The molecule has 0 aliphatic carbocycles. The SMILES string of the molecule is CC1(C)c2ccc3c4ccccc4n4c3c2B(c2ccccc2-4)c2cccc(I(F)(F)=Nc3ccccc3)c21. The van der Waals surface area contributed by atoms with Crippen molar-refractivity contribution < 1.29 is 5.72 Å². The van der Waals surface area contributed by atoms with Crippen LogP contribution in [0.2, 0.25) is 0 Å². The van der Waals surface area contributed by atoms with E-state index in [1.54, 1.807) is 30.3 Å². The van der Waals surface area contributed by atoms with E-state index in [-0.39, 0.29) is 10.3 Å². The minimum absolute atomic E-state index is 0.117. The number of aromatic nitrogens is 1. The third-order valence-corrected chi connectivity index (χ3v) is 12.0. The number of para-hydroxylation sites is 2. The summed E-state index contributed by atoms with van der Waals surface area (Å²) in [4.78, 5) is 0. The van der Waals surface area contributed by atoms with Crippen LogP contribution in [0.25, 0.3) is 27.5 Å². The Hall–Kier alpha value is -3.65. The zero-order chi connectivity index (χ0) is 26.5. The molecule has 8 rings (SSSR count). The first-order valence-corrected chi connectivity index (χ1v) is 16.8. The second kappa shape index (κ2) is 7.95. The van der Waals surface area contributed by atoms with Gasteiger partial charge < -0.3 is 0 Å². The average molecular weight is 624 g/mol. The molecule has 1 aromatic heterocycles. The van der Waals surface area contributed by atoms with Crippen molar-refractivity contribution in [1.29, 1.82) is 0 Å². The van der Waals surface area contributed by atoms with Crippen molar-refractivity contribution in [3.63, 3.8) is 0 Å². The molecule has 0 spiro atoms. The van der Waals surface area contributed by atoms with Crippen molar-refractivity contribution in [1.82, 2.24) is 4.57 Å². The molecule has 6 aromatic rings. The van der Waals surface area contributed by atoms with Crippen molar-refractivity contribution in [2.45, 2.75) is 19.3 Å². The summed E-state index contributed by atoms with van der Waals surface area (Å²) >= 11 is -5.72. The summed E-state index contributed by atoms with van der Waals surface area (Å²) in [5.41, 5.74) is 8.48. The van der Waals surface area contributed by atoms with Crippen molar-refractivity contribution in [2.24, 2.45) is 3.15 Å². The summed E-state index contributed by atoms with van der Waals surface area (Å²) in [7, 11) is 0. The summed E-state index contributed by atoms with van der Waals surface area (Å²) in [6.45, 7) is 4.10. The molecule has 5 aromatic carbocycles. The topological polar surface area (TPSA) is 17.3 Å². The van der Waals surface area contributed by atoms with E-state index in [4.69, 9.17) is 0 Å². The van der Waals surface area contributed by atoms with Gasteiger partial charge in [0.05, 0.1) is 0 Å². The molecule has 0 saturated heterocycles. The molecule has 0 radical (unpaired) electrons. The molecular weight excluding hydrogens is 600 g/mol. The predicted octanol–water partition coefficient (Wildman–Crippen LogP) is 7.75. The van der Waals surface area contributed by atoms with Gasteiger partial charge in [-0.3, -0.25) is 0 Å². The number of benzene rings is 5. The van der Waals surface area contributed by atoms with Gasteiger partial charge in [0, 0.05) is 0 Å². The van der Waals surface area contributed by atoms with Crippen LogP contribution in [0, 0.1) is 3.57 Å². The van der Waals surface area contributed by atoms with E-state index in [1.807, 2.05) is 12.1 Å². The molecule has 0 amide bonds. The van der Waals surface area contributed by atoms with Crippen molar-refractivity contribution in [3.8, 4) is 5.69 Å². The number of hydrogen-bond acceptors (Lipinski definition) is 1. The molecule has 0 N–H and O–H groups in total. The molecule has 39 heavy (non-hydrogen) atoms. The fraction of sp³-hybridized carbons (Fsp3) is 0.0909. The molecule has 2 nitrogen and oxygen atoms in total. The van der Waals surface area contributed by atoms with Crippen LogP contribution < -0.4 is 16.4 Å². The van der Waals surface area contributed by atoms with Crippen LogP contribution in [0.5, 0.6) is 0 Å². The fourth-order valence-corrected chi connectivity index (χ4v) is 10.6. The number of nitrogens with zero attached hydrogens (tertiary/aromatic N) is 2. The predicted molar refractivity (Wildman–Crippen MR) is 167 cm³/mol. The Bertz CT molecular complexity index is 2040. The van der Waals surface area contributed by atoms with Crippen LogP contribution in [0.3, 0.4) is 0 Å². The Morgan fingerprint density at radius 1 is 0.718 bits per heavy atom. The minimum atomic E-state index is -5.72. The van der Waals surface area contributed by atoms with Crippen LogP contribution in [-0.4, -0.2) is 11.3 Å². The van der Waals surface area contributed by atoms with Crippen molar-refractivity contribution >= 4 is 70.0 Å². The van der Waals surface area contributed by atoms with E-state index in [2.05, 4.69) is 88.3 Å². The van der Waals surface area contributed by atoms with E-state index in [0.29, 0.717) is 5.69 Å². The Morgan fingerprint density at radius 2 is 1.44 bits per heavy atom. The number of rotatable bonds is 2. The molecule has 190 valence electrons. The zero-order valence-corrected chi connectivity index (χ0v) is 23.7. The quantitative estimate of drug-likeness (QED) is 0.138. The first-order chi connectivity index (χ1) is 18.9. The number of halogens is 3. The fourth-order valence-electron chi connectivity index (χ4n) is 7.00. The second-order valence-corrected chi connectivity index (χ2v) is 14.9. The van der Waals surface area contributed by atoms with E-state index < -0.39 is 24.8 Å². The third-order valence-electron chi connectivity index (χ3n) is 8.51. The standard InChI is InChI=1S/C33H24BF2IN2/c1-33(2)24-20-19-23-22-13-6-8-17-28(22)39-29-18-9-7-14-25(29)34(31(24)32(23)39)26-15-10-16-27(30(26)33)37(35,36)38-21-11-4-3-5-12-21/h3-20H,1-2H3. The Kier molecular flexibility index (Phi) is 4.74. The van der Waals surface area contributed by atoms with Crippen molar-refractivity contribution in [2.75, 3.05) is 0 Å². The van der Waals surface area contributed by atoms with Crippen LogP contribution in [0.1, 0.15) is 25.0 Å². The van der Waals surface area contributed by atoms with Gasteiger partial charge in [-0.2, -0.15) is 0 Å². The van der Waals surface area contributed by atoms with Crippen LogP contribution >= 0.6 is 19.4 Å². The van der Waals surface area contributed by atoms with E-state index in [1.165, 1.54) is 27.3 Å². The molecule has 0 atom stereocenters. The van der Waals surface area contributed by atoms with Gasteiger partial charge >= 0.3 is 232 Å².